The highest BCUT2D eigenvalue weighted by molar-refractivity contribution is 8.00. The molecular weight excluding hydrogens is 398 g/mol. The molecular formula is C22H19N5O2S. The molecule has 0 aliphatic carbocycles. The van der Waals surface area contributed by atoms with Crippen LogP contribution in [0.2, 0.25) is 0 Å². The normalized spacial score (nSPS) is 10.7. The van der Waals surface area contributed by atoms with Gasteiger partial charge in [-0.3, -0.25) is 10.1 Å². The number of aryl methyl sites for hydroxylation is 2. The molecule has 1 heterocycles. The Kier molecular flexibility index (Phi) is 5.49. The minimum atomic E-state index is -0.391. The summed E-state index contributed by atoms with van der Waals surface area (Å²) in [6.07, 6.45) is 0. The van der Waals surface area contributed by atoms with E-state index in [0.29, 0.717) is 11.6 Å². The molecule has 1 aromatic heterocycles. The lowest BCUT2D eigenvalue weighted by molar-refractivity contribution is -0.385. The number of fused-ring (bicyclic) bond motifs is 1. The maximum absolute atomic E-state index is 11.2. The van der Waals surface area contributed by atoms with Crippen molar-refractivity contribution in [2.45, 2.75) is 18.7 Å². The molecule has 4 aromatic rings. The molecule has 0 atom stereocenters. The molecule has 2 N–H and O–H groups in total. The van der Waals surface area contributed by atoms with E-state index in [-0.39, 0.29) is 5.69 Å². The van der Waals surface area contributed by atoms with Crippen LogP contribution >= 0.6 is 11.9 Å². The Balaban J connectivity index is 1.67. The molecule has 3 aromatic carbocycles. The number of non-ortho nitro benzene ring substituents is 1. The van der Waals surface area contributed by atoms with Crippen molar-refractivity contribution in [3.8, 4) is 0 Å². The maximum atomic E-state index is 11.2. The molecule has 0 saturated heterocycles. The van der Waals surface area contributed by atoms with Crippen LogP contribution in [0.25, 0.3) is 11.0 Å². The molecule has 0 radical (unpaired) electrons. The fourth-order valence-electron chi connectivity index (χ4n) is 3.02. The Labute approximate surface area is 177 Å². The fraction of sp³-hybridized carbons (Fsp3) is 0.0909. The molecule has 150 valence electrons. The number of anilines is 3. The van der Waals surface area contributed by atoms with E-state index in [4.69, 9.17) is 9.97 Å². The van der Waals surface area contributed by atoms with Crippen LogP contribution in [0.1, 0.15) is 11.1 Å². The van der Waals surface area contributed by atoms with Crippen LogP contribution in [0.3, 0.4) is 0 Å². The topological polar surface area (TPSA) is 93.0 Å². The summed E-state index contributed by atoms with van der Waals surface area (Å²) in [5.74, 6) is 1.12. The third kappa shape index (κ3) is 4.49. The molecule has 0 bridgehead atoms. The first-order chi connectivity index (χ1) is 14.5. The molecule has 0 saturated carbocycles. The van der Waals surface area contributed by atoms with E-state index >= 15 is 0 Å². The number of nitro groups is 1. The first-order valence-electron chi connectivity index (χ1n) is 9.27. The quantitative estimate of drug-likeness (QED) is 0.225. The number of para-hydroxylation sites is 2. The average Bonchev–Trinajstić information content (AvgIpc) is 2.72. The van der Waals surface area contributed by atoms with Crippen molar-refractivity contribution in [3.05, 3.63) is 88.0 Å². The van der Waals surface area contributed by atoms with Crippen molar-refractivity contribution in [1.29, 1.82) is 0 Å². The molecule has 0 aliphatic heterocycles. The third-order valence-corrected chi connectivity index (χ3v) is 5.13. The second-order valence-corrected chi connectivity index (χ2v) is 7.75. The van der Waals surface area contributed by atoms with Crippen molar-refractivity contribution in [3.63, 3.8) is 0 Å². The summed E-state index contributed by atoms with van der Waals surface area (Å²) in [7, 11) is 0. The predicted molar refractivity (Wildman–Crippen MR) is 121 cm³/mol. The summed E-state index contributed by atoms with van der Waals surface area (Å²) in [6, 6.07) is 20.6. The molecule has 0 spiro atoms. The van der Waals surface area contributed by atoms with Gasteiger partial charge in [-0.2, -0.15) is 0 Å². The zero-order valence-electron chi connectivity index (χ0n) is 16.4. The zero-order chi connectivity index (χ0) is 21.1. The Morgan fingerprint density at radius 2 is 1.60 bits per heavy atom. The molecule has 8 heteroatoms. The lowest BCUT2D eigenvalue weighted by Crippen LogP contribution is -2.02. The summed E-state index contributed by atoms with van der Waals surface area (Å²) >= 11 is 1.26. The Morgan fingerprint density at radius 3 is 2.30 bits per heavy atom. The molecule has 4 rings (SSSR count). The fourth-order valence-corrected chi connectivity index (χ4v) is 3.80. The van der Waals surface area contributed by atoms with Crippen LogP contribution in [0.4, 0.5) is 23.0 Å². The monoisotopic (exact) mass is 417 g/mol. The zero-order valence-corrected chi connectivity index (χ0v) is 17.2. The Morgan fingerprint density at radius 1 is 0.867 bits per heavy atom. The van der Waals surface area contributed by atoms with Gasteiger partial charge in [0.05, 0.1) is 16.0 Å². The number of aromatic nitrogens is 2. The van der Waals surface area contributed by atoms with E-state index in [1.807, 2.05) is 68.4 Å². The number of nitrogens with one attached hydrogen (secondary N) is 2. The van der Waals surface area contributed by atoms with Gasteiger partial charge in [-0.25, -0.2) is 9.97 Å². The second kappa shape index (κ2) is 8.38. The van der Waals surface area contributed by atoms with Gasteiger partial charge in [0.2, 0.25) is 0 Å². The Hall–Kier alpha value is -3.65. The number of hydrogen-bond donors (Lipinski definition) is 2. The minimum absolute atomic E-state index is 0.0574. The highest BCUT2D eigenvalue weighted by Crippen LogP contribution is 2.31. The van der Waals surface area contributed by atoms with Crippen LogP contribution in [-0.2, 0) is 0 Å². The smallest absolute Gasteiger partial charge is 0.270 e. The standard InChI is InChI=1S/C22H19N5O2S/c1-14-6-5-7-16(10-14)23-21-22(25-20-9-4-3-8-19(20)24-21)26-30-18-12-15(2)11-17(13-18)27(28)29/h3-13H,1-2H3,(H,23,24)(H,25,26). The average molecular weight is 417 g/mol. The van der Waals surface area contributed by atoms with Crippen molar-refractivity contribution < 1.29 is 4.92 Å². The van der Waals surface area contributed by atoms with Crippen LogP contribution in [-0.4, -0.2) is 14.9 Å². The molecule has 0 unspecified atom stereocenters. The van der Waals surface area contributed by atoms with Gasteiger partial charge in [-0.1, -0.05) is 24.3 Å². The van der Waals surface area contributed by atoms with Crippen molar-refractivity contribution in [2.24, 2.45) is 0 Å². The summed E-state index contributed by atoms with van der Waals surface area (Å²) in [6.45, 7) is 3.86. The number of nitro benzene ring substituents is 1. The van der Waals surface area contributed by atoms with Crippen molar-refractivity contribution in [1.82, 2.24) is 9.97 Å². The van der Waals surface area contributed by atoms with Gasteiger partial charge in [0.25, 0.3) is 5.69 Å². The first-order valence-corrected chi connectivity index (χ1v) is 10.1. The maximum Gasteiger partial charge on any atom is 0.270 e. The van der Waals surface area contributed by atoms with E-state index in [9.17, 15) is 10.1 Å². The van der Waals surface area contributed by atoms with Crippen LogP contribution < -0.4 is 10.0 Å². The number of benzene rings is 3. The van der Waals surface area contributed by atoms with Gasteiger partial charge < -0.3 is 10.0 Å². The van der Waals surface area contributed by atoms with Crippen LogP contribution in [0, 0.1) is 24.0 Å². The van der Waals surface area contributed by atoms with Crippen molar-refractivity contribution >= 4 is 46.0 Å². The van der Waals surface area contributed by atoms with Gasteiger partial charge in [0.15, 0.2) is 11.6 Å². The van der Waals surface area contributed by atoms with Crippen LogP contribution in [0.15, 0.2) is 71.6 Å². The Bertz CT molecular complexity index is 1250. The lowest BCUT2D eigenvalue weighted by atomic mass is 10.2. The van der Waals surface area contributed by atoms with Crippen LogP contribution in [0.5, 0.6) is 0 Å². The second-order valence-electron chi connectivity index (χ2n) is 6.87. The van der Waals surface area contributed by atoms with E-state index in [2.05, 4.69) is 10.0 Å². The van der Waals surface area contributed by atoms with E-state index < -0.39 is 4.92 Å². The van der Waals surface area contributed by atoms with Gasteiger partial charge in [-0.15, -0.1) is 0 Å². The molecule has 7 nitrogen and oxygen atoms in total. The van der Waals surface area contributed by atoms with Crippen molar-refractivity contribution in [2.75, 3.05) is 10.0 Å². The largest absolute Gasteiger partial charge is 0.337 e. The van der Waals surface area contributed by atoms with E-state index in [0.717, 1.165) is 32.7 Å². The molecule has 30 heavy (non-hydrogen) atoms. The summed E-state index contributed by atoms with van der Waals surface area (Å²) < 4.78 is 3.21. The molecule has 0 amide bonds. The van der Waals surface area contributed by atoms with Gasteiger partial charge >= 0.3 is 0 Å². The number of rotatable bonds is 6. The first kappa shape index (κ1) is 19.7. The number of nitrogens with zero attached hydrogens (tertiary/aromatic N) is 3. The van der Waals surface area contributed by atoms with E-state index in [1.54, 1.807) is 6.07 Å². The van der Waals surface area contributed by atoms with E-state index in [1.165, 1.54) is 18.0 Å². The number of hydrogen-bond acceptors (Lipinski definition) is 7. The SMILES string of the molecule is Cc1cccc(Nc2nc3ccccc3nc2NSc2cc(C)cc([N+](=O)[O-])c2)c1. The predicted octanol–water partition coefficient (Wildman–Crippen LogP) is 6.02. The third-order valence-electron chi connectivity index (χ3n) is 4.36. The van der Waals surface area contributed by atoms with Gasteiger partial charge in [-0.05, 0) is 67.3 Å². The summed E-state index contributed by atoms with van der Waals surface area (Å²) in [5, 5.41) is 14.5. The summed E-state index contributed by atoms with van der Waals surface area (Å²) in [4.78, 5) is 20.9. The highest BCUT2D eigenvalue weighted by atomic mass is 32.2. The van der Waals surface area contributed by atoms with Gasteiger partial charge in [0.1, 0.15) is 0 Å². The summed E-state index contributed by atoms with van der Waals surface area (Å²) in [5.41, 5.74) is 4.43. The minimum Gasteiger partial charge on any atom is -0.337 e. The molecule has 0 fully saturated rings. The highest BCUT2D eigenvalue weighted by Gasteiger charge is 2.12. The molecule has 0 aliphatic rings. The lowest BCUT2D eigenvalue weighted by Gasteiger charge is -2.13. The van der Waals surface area contributed by atoms with Gasteiger partial charge in [0, 0.05) is 22.7 Å².